The Morgan fingerprint density at radius 3 is 1.51 bits per heavy atom. The van der Waals surface area contributed by atoms with E-state index < -0.39 is 17.4 Å². The maximum atomic E-state index is 2.57. The molecule has 0 atom stereocenters. The van der Waals surface area contributed by atoms with E-state index in [1.54, 1.807) is 15.0 Å². The fourth-order valence-electron chi connectivity index (χ4n) is 7.89. The monoisotopic (exact) mass is 666 g/mol. The van der Waals surface area contributed by atoms with Crippen LogP contribution in [0.3, 0.4) is 0 Å². The van der Waals surface area contributed by atoms with Crippen LogP contribution in [0.4, 0.5) is 0 Å². The second-order valence-corrected chi connectivity index (χ2v) is 18.2. The minimum Gasteiger partial charge on any atom is -1.00 e. The van der Waals surface area contributed by atoms with Gasteiger partial charge in [-0.25, -0.2) is 0 Å². The normalized spacial score (nSPS) is 15.7. The average molecular weight is 668 g/mol. The third-order valence-electron chi connectivity index (χ3n) is 10.7. The molecule has 3 heteroatoms. The van der Waals surface area contributed by atoms with E-state index in [1.807, 2.05) is 3.81 Å². The number of fused-ring (bicyclic) bond motifs is 3. The molecular weight excluding hydrogens is 623 g/mol. The molecule has 230 valence electrons. The third kappa shape index (κ3) is 6.17. The van der Waals surface area contributed by atoms with Crippen molar-refractivity contribution in [2.45, 2.75) is 81.3 Å². The van der Waals surface area contributed by atoms with E-state index in [0.717, 1.165) is 6.42 Å². The van der Waals surface area contributed by atoms with Gasteiger partial charge in [-0.1, -0.05) is 0 Å². The van der Waals surface area contributed by atoms with E-state index in [4.69, 9.17) is 0 Å². The number of rotatable bonds is 6. The average Bonchev–Trinajstić information content (AvgIpc) is 3.69. The van der Waals surface area contributed by atoms with Crippen molar-refractivity contribution >= 4 is 3.81 Å². The Labute approximate surface area is 289 Å². The Morgan fingerprint density at radius 2 is 1.07 bits per heavy atom. The molecule has 0 nitrogen and oxygen atoms in total. The molecule has 0 radical (unpaired) electrons. The Morgan fingerprint density at radius 1 is 0.578 bits per heavy atom. The molecule has 45 heavy (non-hydrogen) atoms. The zero-order chi connectivity index (χ0) is 29.6. The number of hydrogen-bond acceptors (Lipinski definition) is 0. The van der Waals surface area contributed by atoms with Crippen molar-refractivity contribution in [1.82, 2.24) is 0 Å². The molecule has 0 saturated heterocycles. The molecule has 0 spiro atoms. The molecule has 0 heterocycles. The second-order valence-electron chi connectivity index (χ2n) is 13.9. The van der Waals surface area contributed by atoms with Crippen molar-refractivity contribution in [3.8, 4) is 11.1 Å². The van der Waals surface area contributed by atoms with Crippen molar-refractivity contribution in [3.63, 3.8) is 0 Å². The maximum Gasteiger partial charge on any atom is -1.00 e. The van der Waals surface area contributed by atoms with Crippen LogP contribution in [-0.4, -0.2) is 3.81 Å². The van der Waals surface area contributed by atoms with Gasteiger partial charge in [-0.3, -0.25) is 0 Å². The van der Waals surface area contributed by atoms with Crippen molar-refractivity contribution in [2.24, 2.45) is 0 Å². The molecule has 0 amide bonds. The van der Waals surface area contributed by atoms with Crippen LogP contribution in [0.15, 0.2) is 119 Å². The molecule has 7 rings (SSSR count). The van der Waals surface area contributed by atoms with E-state index >= 15 is 0 Å². The summed E-state index contributed by atoms with van der Waals surface area (Å²) < 4.78 is 4.28. The first kappa shape index (κ1) is 33.9. The molecule has 0 aromatic heterocycles. The zero-order valence-corrected chi connectivity index (χ0v) is 30.1. The molecule has 1 saturated carbocycles. The first-order valence-corrected chi connectivity index (χ1v) is 18.8. The summed E-state index contributed by atoms with van der Waals surface area (Å²) in [6.07, 6.45) is 15.3. The predicted octanol–water partition coefficient (Wildman–Crippen LogP) is 5.01. The first-order valence-electron chi connectivity index (χ1n) is 16.3. The second kappa shape index (κ2) is 13.7. The van der Waals surface area contributed by atoms with Crippen molar-refractivity contribution in [3.05, 3.63) is 153 Å². The Bertz CT molecular complexity index is 1650. The van der Waals surface area contributed by atoms with Crippen LogP contribution in [-0.2, 0) is 28.2 Å². The van der Waals surface area contributed by atoms with Crippen molar-refractivity contribution < 1.29 is 42.2 Å². The van der Waals surface area contributed by atoms with Crippen LogP contribution < -0.4 is 24.8 Å². The van der Waals surface area contributed by atoms with Crippen LogP contribution in [0.25, 0.3) is 11.1 Å². The van der Waals surface area contributed by atoms with Gasteiger partial charge in [0, 0.05) is 0 Å². The quantitative estimate of drug-likeness (QED) is 0.254. The fraction of sp³-hybridized carbons (Fsp3) is 0.310. The molecule has 4 aromatic carbocycles. The molecule has 1 fully saturated rings. The van der Waals surface area contributed by atoms with Crippen LogP contribution in [0, 0.1) is 0 Å². The molecular formula is C42H44Cl2Ti. The van der Waals surface area contributed by atoms with Crippen LogP contribution in [0.2, 0.25) is 0 Å². The van der Waals surface area contributed by atoms with E-state index in [2.05, 4.69) is 143 Å². The van der Waals surface area contributed by atoms with E-state index in [-0.39, 0.29) is 35.6 Å². The number of benzene rings is 4. The Balaban J connectivity index is 0.00000200. The van der Waals surface area contributed by atoms with Gasteiger partial charge in [0.25, 0.3) is 0 Å². The van der Waals surface area contributed by atoms with E-state index in [9.17, 15) is 0 Å². The standard InChI is InChI=1S/C31H29.C6H10.C5H5.2ClH.Ti/c1-30(2,24-11-7-5-8-12-24)26-17-15-22-19-23-16-18-27(21-29(23)28(22)20-26)31(3,4)25-13-9-6-10-14-25;1-2-4-6-5-3-1;1-2-4-5-3-1;;;/h5-21H,1-4H3;1-5H2;1-3H,4H2;2*1H;/q;;;;;+2/p-2. The Kier molecular flexibility index (Phi) is 10.3. The van der Waals surface area contributed by atoms with E-state index in [0.29, 0.717) is 4.22 Å². The van der Waals surface area contributed by atoms with Gasteiger partial charge in [0.05, 0.1) is 0 Å². The number of hydrogen-bond donors (Lipinski definition) is 0. The number of halogens is 2. The van der Waals surface area contributed by atoms with Gasteiger partial charge < -0.3 is 24.8 Å². The molecule has 3 aliphatic rings. The first-order chi connectivity index (χ1) is 20.9. The molecule has 3 aliphatic carbocycles. The van der Waals surface area contributed by atoms with E-state index in [1.165, 1.54) is 65.5 Å². The molecule has 0 aliphatic heterocycles. The van der Waals surface area contributed by atoms with Crippen molar-refractivity contribution in [1.29, 1.82) is 0 Å². The summed E-state index contributed by atoms with van der Waals surface area (Å²) in [6, 6.07) is 37.3. The molecule has 0 unspecified atom stereocenters. The zero-order valence-electron chi connectivity index (χ0n) is 27.0. The van der Waals surface area contributed by atoms with Gasteiger partial charge in [0.15, 0.2) is 0 Å². The van der Waals surface area contributed by atoms with Gasteiger partial charge in [-0.05, 0) is 0 Å². The van der Waals surface area contributed by atoms with Gasteiger partial charge in [0.2, 0.25) is 0 Å². The van der Waals surface area contributed by atoms with Crippen LogP contribution in [0.1, 0.15) is 104 Å². The summed E-state index contributed by atoms with van der Waals surface area (Å²) in [5.74, 6) is 0. The van der Waals surface area contributed by atoms with Gasteiger partial charge in [-0.15, -0.1) is 0 Å². The SMILES string of the molecule is CC(C)(c1ccccc1)c1ccc2c(c1)-c1cc(C(C)(C)c3ccccc3)ccc1[CH]2[Ti+2]([C]1=CC=CC1)=[C]1CCCCC1.[Cl-].[Cl-]. The fourth-order valence-corrected chi connectivity index (χ4v) is 13.9. The minimum atomic E-state index is -1.79. The largest absolute Gasteiger partial charge is 1.00 e. The smallest absolute Gasteiger partial charge is 1.00 e. The number of allylic oxidation sites excluding steroid dienone is 4. The molecule has 4 aromatic rings. The topological polar surface area (TPSA) is 0 Å². The van der Waals surface area contributed by atoms with Crippen molar-refractivity contribution in [2.75, 3.05) is 0 Å². The summed E-state index contributed by atoms with van der Waals surface area (Å²) in [5, 5.41) is 0. The predicted molar refractivity (Wildman–Crippen MR) is 181 cm³/mol. The molecule has 0 N–H and O–H groups in total. The third-order valence-corrected chi connectivity index (χ3v) is 16.2. The minimum absolute atomic E-state index is 0. The Hall–Kier alpha value is -2.48. The van der Waals surface area contributed by atoms with Gasteiger partial charge >= 0.3 is 266 Å². The van der Waals surface area contributed by atoms with Gasteiger partial charge in [-0.2, -0.15) is 0 Å². The summed E-state index contributed by atoms with van der Waals surface area (Å²) in [4.78, 5) is 0. The summed E-state index contributed by atoms with van der Waals surface area (Å²) in [5.41, 5.74) is 11.6. The summed E-state index contributed by atoms with van der Waals surface area (Å²) >= 11 is -1.79. The van der Waals surface area contributed by atoms with Gasteiger partial charge in [0.1, 0.15) is 0 Å². The van der Waals surface area contributed by atoms with Crippen LogP contribution >= 0.6 is 0 Å². The summed E-state index contributed by atoms with van der Waals surface area (Å²) in [6.45, 7) is 9.55. The molecule has 0 bridgehead atoms. The van der Waals surface area contributed by atoms with Crippen LogP contribution in [0.5, 0.6) is 0 Å². The summed E-state index contributed by atoms with van der Waals surface area (Å²) in [7, 11) is 0. The maximum absolute atomic E-state index is 2.57.